The molecular formula is C20H27IN4O4. The monoisotopic (exact) mass is 514 g/mol. The molecule has 0 saturated heterocycles. The molecule has 0 saturated carbocycles. The van der Waals surface area contributed by atoms with E-state index in [0.717, 1.165) is 5.56 Å². The molecule has 2 aromatic carbocycles. The van der Waals surface area contributed by atoms with Gasteiger partial charge in [-0.1, -0.05) is 12.1 Å². The zero-order chi connectivity index (χ0) is 20.4. The summed E-state index contributed by atoms with van der Waals surface area (Å²) in [5.41, 5.74) is 7.34. The molecule has 9 heteroatoms. The Bertz CT molecular complexity index is 830. The zero-order valence-electron chi connectivity index (χ0n) is 16.7. The van der Waals surface area contributed by atoms with Crippen LogP contribution in [0.4, 0.5) is 0 Å². The van der Waals surface area contributed by atoms with E-state index in [1.165, 1.54) is 0 Å². The number of nitrogens with zero attached hydrogens (tertiary/aromatic N) is 1. The summed E-state index contributed by atoms with van der Waals surface area (Å²) in [6.07, 6.45) is 0. The number of amides is 1. The number of aliphatic imine (C=N–C) groups is 1. The molecule has 158 valence electrons. The molecule has 0 heterocycles. The van der Waals surface area contributed by atoms with Gasteiger partial charge < -0.3 is 30.6 Å². The number of methoxy groups -OCH3 is 3. The minimum atomic E-state index is -0.179. The predicted octanol–water partition coefficient (Wildman–Crippen LogP) is 2.16. The number of hydrogen-bond acceptors (Lipinski definition) is 5. The number of guanidine groups is 1. The summed E-state index contributed by atoms with van der Waals surface area (Å²) in [4.78, 5) is 16.4. The molecule has 0 aliphatic rings. The van der Waals surface area contributed by atoms with E-state index in [2.05, 4.69) is 15.6 Å². The zero-order valence-corrected chi connectivity index (χ0v) is 19.1. The molecule has 8 nitrogen and oxygen atoms in total. The summed E-state index contributed by atoms with van der Waals surface area (Å²) in [6, 6.07) is 12.5. The maximum Gasteiger partial charge on any atom is 0.251 e. The molecule has 2 aromatic rings. The molecule has 0 fully saturated rings. The molecule has 1 amide bonds. The van der Waals surface area contributed by atoms with Crippen LogP contribution in [0, 0.1) is 0 Å². The van der Waals surface area contributed by atoms with Crippen molar-refractivity contribution in [3.63, 3.8) is 0 Å². The van der Waals surface area contributed by atoms with Crippen LogP contribution in [0.25, 0.3) is 0 Å². The van der Waals surface area contributed by atoms with E-state index in [9.17, 15) is 4.79 Å². The third-order valence-corrected chi connectivity index (χ3v) is 3.93. The van der Waals surface area contributed by atoms with Crippen LogP contribution in [0.1, 0.15) is 15.9 Å². The quantitative estimate of drug-likeness (QED) is 0.205. The molecule has 0 atom stereocenters. The molecule has 2 rings (SSSR count). The van der Waals surface area contributed by atoms with Gasteiger partial charge in [-0.25, -0.2) is 4.99 Å². The van der Waals surface area contributed by atoms with Gasteiger partial charge in [0.1, 0.15) is 5.75 Å². The van der Waals surface area contributed by atoms with E-state index in [-0.39, 0.29) is 29.9 Å². The number of nitrogens with one attached hydrogen (secondary N) is 2. The first kappa shape index (κ1) is 24.3. The molecule has 4 N–H and O–H groups in total. The number of carbonyl (C=O) groups is 1. The number of halogens is 1. The minimum Gasteiger partial charge on any atom is -0.497 e. The van der Waals surface area contributed by atoms with Crippen LogP contribution in [0.5, 0.6) is 17.2 Å². The van der Waals surface area contributed by atoms with Gasteiger partial charge in [0.05, 0.1) is 27.9 Å². The van der Waals surface area contributed by atoms with Gasteiger partial charge in [-0.05, 0) is 35.9 Å². The van der Waals surface area contributed by atoms with Crippen LogP contribution in [0.2, 0.25) is 0 Å². The van der Waals surface area contributed by atoms with Crippen LogP contribution in [0.15, 0.2) is 47.5 Å². The average molecular weight is 514 g/mol. The van der Waals surface area contributed by atoms with Gasteiger partial charge in [-0.2, -0.15) is 0 Å². The van der Waals surface area contributed by atoms with Crippen molar-refractivity contribution >= 4 is 35.8 Å². The van der Waals surface area contributed by atoms with Gasteiger partial charge in [0.15, 0.2) is 17.5 Å². The van der Waals surface area contributed by atoms with Crippen molar-refractivity contribution in [2.45, 2.75) is 6.54 Å². The van der Waals surface area contributed by atoms with Crippen molar-refractivity contribution in [1.29, 1.82) is 0 Å². The second-order valence-corrected chi connectivity index (χ2v) is 5.81. The van der Waals surface area contributed by atoms with Gasteiger partial charge in [0.25, 0.3) is 5.91 Å². The number of hydrogen-bond donors (Lipinski definition) is 3. The highest BCUT2D eigenvalue weighted by Crippen LogP contribution is 2.27. The lowest BCUT2D eigenvalue weighted by Gasteiger charge is -2.10. The normalized spacial score (nSPS) is 10.5. The lowest BCUT2D eigenvalue weighted by Crippen LogP contribution is -2.38. The Morgan fingerprint density at radius 2 is 1.69 bits per heavy atom. The first-order valence-corrected chi connectivity index (χ1v) is 8.74. The summed E-state index contributed by atoms with van der Waals surface area (Å²) in [7, 11) is 4.73. The molecule has 0 aromatic heterocycles. The largest absolute Gasteiger partial charge is 0.497 e. The van der Waals surface area contributed by atoms with E-state index in [1.54, 1.807) is 45.6 Å². The average Bonchev–Trinajstić information content (AvgIpc) is 2.74. The van der Waals surface area contributed by atoms with Crippen molar-refractivity contribution in [3.05, 3.63) is 53.6 Å². The smallest absolute Gasteiger partial charge is 0.251 e. The van der Waals surface area contributed by atoms with Gasteiger partial charge >= 0.3 is 0 Å². The van der Waals surface area contributed by atoms with Crippen molar-refractivity contribution in [2.24, 2.45) is 10.7 Å². The van der Waals surface area contributed by atoms with Crippen LogP contribution in [-0.4, -0.2) is 46.3 Å². The molecular weight excluding hydrogens is 487 g/mol. The standard InChI is InChI=1S/C20H26N4O4.HI/c1-26-16-6-4-5-15(12-16)19(25)22-9-10-23-20(21)24-13-14-7-8-17(27-2)18(11-14)28-3;/h4-8,11-12H,9-10,13H2,1-3H3,(H,22,25)(H3,21,23,24);1H. The number of rotatable bonds is 9. The van der Waals surface area contributed by atoms with Gasteiger partial charge in [0.2, 0.25) is 0 Å². The molecule has 29 heavy (non-hydrogen) atoms. The van der Waals surface area contributed by atoms with Crippen LogP contribution in [0.3, 0.4) is 0 Å². The highest BCUT2D eigenvalue weighted by Gasteiger charge is 2.06. The molecule has 0 unspecified atom stereocenters. The van der Waals surface area contributed by atoms with Gasteiger partial charge in [-0.3, -0.25) is 4.79 Å². The van der Waals surface area contributed by atoms with E-state index in [4.69, 9.17) is 19.9 Å². The maximum absolute atomic E-state index is 12.1. The number of nitrogens with two attached hydrogens (primary N) is 1. The third-order valence-electron chi connectivity index (χ3n) is 3.93. The third kappa shape index (κ3) is 7.68. The van der Waals surface area contributed by atoms with E-state index in [0.29, 0.717) is 48.4 Å². The van der Waals surface area contributed by atoms with Crippen molar-refractivity contribution in [1.82, 2.24) is 10.6 Å². The summed E-state index contributed by atoms with van der Waals surface area (Å²) >= 11 is 0. The molecule has 0 radical (unpaired) electrons. The maximum atomic E-state index is 12.1. The number of ether oxygens (including phenoxy) is 3. The van der Waals surface area contributed by atoms with Crippen molar-refractivity contribution in [2.75, 3.05) is 34.4 Å². The van der Waals surface area contributed by atoms with Crippen LogP contribution < -0.4 is 30.6 Å². The fraction of sp³-hybridized carbons (Fsp3) is 0.300. The Morgan fingerprint density at radius 3 is 2.38 bits per heavy atom. The SMILES string of the molecule is COc1cccc(C(=O)NCCNC(N)=NCc2ccc(OC)c(OC)c2)c1.I. The van der Waals surface area contributed by atoms with E-state index < -0.39 is 0 Å². The van der Waals surface area contributed by atoms with Gasteiger partial charge in [-0.15, -0.1) is 24.0 Å². The number of benzene rings is 2. The highest BCUT2D eigenvalue weighted by molar-refractivity contribution is 14.0. The molecule has 0 bridgehead atoms. The Morgan fingerprint density at radius 1 is 0.966 bits per heavy atom. The lowest BCUT2D eigenvalue weighted by atomic mass is 10.2. The fourth-order valence-corrected chi connectivity index (χ4v) is 2.44. The van der Waals surface area contributed by atoms with Crippen molar-refractivity contribution < 1.29 is 19.0 Å². The first-order chi connectivity index (χ1) is 13.6. The van der Waals surface area contributed by atoms with Crippen LogP contribution >= 0.6 is 24.0 Å². The predicted molar refractivity (Wildman–Crippen MR) is 124 cm³/mol. The Labute approximate surface area is 187 Å². The van der Waals surface area contributed by atoms with Crippen LogP contribution in [-0.2, 0) is 6.54 Å². The van der Waals surface area contributed by atoms with E-state index >= 15 is 0 Å². The number of carbonyl (C=O) groups excluding carboxylic acids is 1. The second kappa shape index (κ2) is 12.7. The minimum absolute atomic E-state index is 0. The first-order valence-electron chi connectivity index (χ1n) is 8.74. The Hall–Kier alpha value is -2.69. The second-order valence-electron chi connectivity index (χ2n) is 5.81. The summed E-state index contributed by atoms with van der Waals surface area (Å²) < 4.78 is 15.6. The van der Waals surface area contributed by atoms with Crippen molar-refractivity contribution in [3.8, 4) is 17.2 Å². The summed E-state index contributed by atoms with van der Waals surface area (Å²) in [5.74, 6) is 2.05. The molecule has 0 aliphatic carbocycles. The highest BCUT2D eigenvalue weighted by atomic mass is 127. The Balaban J connectivity index is 0.00000420. The topological polar surface area (TPSA) is 107 Å². The Kier molecular flexibility index (Phi) is 10.7. The lowest BCUT2D eigenvalue weighted by molar-refractivity contribution is 0.0954. The van der Waals surface area contributed by atoms with Gasteiger partial charge in [0, 0.05) is 18.7 Å². The fourth-order valence-electron chi connectivity index (χ4n) is 2.44. The molecule has 0 spiro atoms. The summed E-state index contributed by atoms with van der Waals surface area (Å²) in [6.45, 7) is 1.26. The summed E-state index contributed by atoms with van der Waals surface area (Å²) in [5, 5.41) is 5.77. The molecule has 0 aliphatic heterocycles. The van der Waals surface area contributed by atoms with E-state index in [1.807, 2.05) is 18.2 Å².